The number of rotatable bonds is 5. The van der Waals surface area contributed by atoms with Crippen LogP contribution in [0.1, 0.15) is 12.0 Å². The van der Waals surface area contributed by atoms with Gasteiger partial charge in [-0.3, -0.25) is 4.68 Å². The van der Waals surface area contributed by atoms with Crippen molar-refractivity contribution in [2.75, 3.05) is 11.9 Å². The highest BCUT2D eigenvalue weighted by Crippen LogP contribution is 2.04. The number of para-hydroxylation sites is 1. The lowest BCUT2D eigenvalue weighted by molar-refractivity contribution is 0.573. The first-order valence-corrected chi connectivity index (χ1v) is 6.74. The van der Waals surface area contributed by atoms with Crippen molar-refractivity contribution >= 4 is 23.0 Å². The SMILES string of the molecule is Cc1cnn(CCCNC(=S)Nc2ccccc2)c1. The van der Waals surface area contributed by atoms with Gasteiger partial charge in [-0.15, -0.1) is 0 Å². The molecule has 4 nitrogen and oxygen atoms in total. The molecule has 0 radical (unpaired) electrons. The minimum absolute atomic E-state index is 0.655. The van der Waals surface area contributed by atoms with Crippen molar-refractivity contribution in [3.63, 3.8) is 0 Å². The summed E-state index contributed by atoms with van der Waals surface area (Å²) in [5.41, 5.74) is 2.19. The van der Waals surface area contributed by atoms with E-state index in [1.54, 1.807) is 0 Å². The number of aryl methyl sites for hydroxylation is 2. The molecule has 2 rings (SSSR count). The molecule has 100 valence electrons. The second-order valence-electron chi connectivity index (χ2n) is 4.38. The lowest BCUT2D eigenvalue weighted by Crippen LogP contribution is -2.29. The molecule has 0 atom stereocenters. The Labute approximate surface area is 118 Å². The van der Waals surface area contributed by atoms with Gasteiger partial charge in [-0.1, -0.05) is 18.2 Å². The van der Waals surface area contributed by atoms with Gasteiger partial charge in [0.15, 0.2) is 5.11 Å². The third-order valence-electron chi connectivity index (χ3n) is 2.64. The van der Waals surface area contributed by atoms with E-state index in [9.17, 15) is 0 Å². The summed E-state index contributed by atoms with van der Waals surface area (Å²) in [7, 11) is 0. The van der Waals surface area contributed by atoms with Crippen LogP contribution in [0.25, 0.3) is 0 Å². The maximum atomic E-state index is 5.23. The monoisotopic (exact) mass is 274 g/mol. The molecule has 0 fully saturated rings. The Bertz CT molecular complexity index is 521. The molecule has 1 heterocycles. The van der Waals surface area contributed by atoms with Gasteiger partial charge in [-0.2, -0.15) is 5.10 Å². The van der Waals surface area contributed by atoms with Crippen LogP contribution in [-0.4, -0.2) is 21.4 Å². The van der Waals surface area contributed by atoms with Gasteiger partial charge in [0.1, 0.15) is 0 Å². The van der Waals surface area contributed by atoms with Crippen LogP contribution in [0.4, 0.5) is 5.69 Å². The Hall–Kier alpha value is -1.88. The second-order valence-corrected chi connectivity index (χ2v) is 4.79. The summed E-state index contributed by atoms with van der Waals surface area (Å²) >= 11 is 5.23. The fraction of sp³-hybridized carbons (Fsp3) is 0.286. The maximum absolute atomic E-state index is 5.23. The lowest BCUT2D eigenvalue weighted by atomic mass is 10.3. The minimum atomic E-state index is 0.655. The zero-order chi connectivity index (χ0) is 13.5. The minimum Gasteiger partial charge on any atom is -0.362 e. The Morgan fingerprint density at radius 1 is 1.32 bits per heavy atom. The summed E-state index contributed by atoms with van der Waals surface area (Å²) in [6.45, 7) is 3.77. The van der Waals surface area contributed by atoms with Crippen LogP contribution >= 0.6 is 12.2 Å². The van der Waals surface area contributed by atoms with E-state index in [1.165, 1.54) is 5.56 Å². The van der Waals surface area contributed by atoms with Crippen molar-refractivity contribution in [3.05, 3.63) is 48.3 Å². The van der Waals surface area contributed by atoms with Crippen molar-refractivity contribution in [3.8, 4) is 0 Å². The normalized spacial score (nSPS) is 10.2. The summed E-state index contributed by atoms with van der Waals surface area (Å²) in [6, 6.07) is 9.91. The summed E-state index contributed by atoms with van der Waals surface area (Å²) < 4.78 is 1.95. The highest BCUT2D eigenvalue weighted by atomic mass is 32.1. The summed E-state index contributed by atoms with van der Waals surface area (Å²) in [4.78, 5) is 0. The molecule has 0 aliphatic carbocycles. The molecule has 0 saturated heterocycles. The third kappa shape index (κ3) is 4.71. The van der Waals surface area contributed by atoms with Crippen LogP contribution in [0.5, 0.6) is 0 Å². The van der Waals surface area contributed by atoms with E-state index in [0.29, 0.717) is 5.11 Å². The van der Waals surface area contributed by atoms with Crippen molar-refractivity contribution in [2.45, 2.75) is 19.9 Å². The van der Waals surface area contributed by atoms with Crippen molar-refractivity contribution in [2.24, 2.45) is 0 Å². The summed E-state index contributed by atoms with van der Waals surface area (Å²) in [5, 5.41) is 11.2. The van der Waals surface area contributed by atoms with Gasteiger partial charge >= 0.3 is 0 Å². The Balaban J connectivity index is 1.64. The average molecular weight is 274 g/mol. The molecule has 0 aliphatic heterocycles. The van der Waals surface area contributed by atoms with Crippen LogP contribution in [0.15, 0.2) is 42.7 Å². The molecule has 2 aromatic rings. The number of hydrogen-bond acceptors (Lipinski definition) is 2. The largest absolute Gasteiger partial charge is 0.362 e. The smallest absolute Gasteiger partial charge is 0.170 e. The second kappa shape index (κ2) is 6.89. The van der Waals surface area contributed by atoms with Crippen molar-refractivity contribution in [1.82, 2.24) is 15.1 Å². The van der Waals surface area contributed by atoms with Gasteiger partial charge < -0.3 is 10.6 Å². The Kier molecular flexibility index (Phi) is 4.92. The zero-order valence-corrected chi connectivity index (χ0v) is 11.8. The Morgan fingerprint density at radius 2 is 2.11 bits per heavy atom. The fourth-order valence-electron chi connectivity index (χ4n) is 1.73. The third-order valence-corrected chi connectivity index (χ3v) is 2.89. The predicted octanol–water partition coefficient (Wildman–Crippen LogP) is 2.57. The van der Waals surface area contributed by atoms with Gasteiger partial charge in [0.2, 0.25) is 0 Å². The van der Waals surface area contributed by atoms with Gasteiger partial charge in [0, 0.05) is 25.0 Å². The van der Waals surface area contributed by atoms with E-state index in [1.807, 2.05) is 54.3 Å². The highest BCUT2D eigenvalue weighted by molar-refractivity contribution is 7.80. The van der Waals surface area contributed by atoms with Crippen molar-refractivity contribution < 1.29 is 0 Å². The maximum Gasteiger partial charge on any atom is 0.170 e. The van der Waals surface area contributed by atoms with E-state index in [0.717, 1.165) is 25.2 Å². The summed E-state index contributed by atoms with van der Waals surface area (Å²) in [5.74, 6) is 0. The first kappa shape index (κ1) is 13.5. The number of hydrogen-bond donors (Lipinski definition) is 2. The predicted molar refractivity (Wildman–Crippen MR) is 82.2 cm³/mol. The molecule has 2 N–H and O–H groups in total. The first-order chi connectivity index (χ1) is 9.24. The van der Waals surface area contributed by atoms with E-state index in [-0.39, 0.29) is 0 Å². The molecule has 0 aliphatic rings. The molecule has 1 aromatic carbocycles. The average Bonchev–Trinajstić information content (AvgIpc) is 2.82. The number of anilines is 1. The van der Waals surface area contributed by atoms with E-state index >= 15 is 0 Å². The fourth-order valence-corrected chi connectivity index (χ4v) is 1.95. The zero-order valence-electron chi connectivity index (χ0n) is 11.0. The highest BCUT2D eigenvalue weighted by Gasteiger charge is 1.97. The van der Waals surface area contributed by atoms with Crippen LogP contribution in [-0.2, 0) is 6.54 Å². The van der Waals surface area contributed by atoms with Crippen LogP contribution in [0.3, 0.4) is 0 Å². The van der Waals surface area contributed by atoms with Gasteiger partial charge in [-0.25, -0.2) is 0 Å². The lowest BCUT2D eigenvalue weighted by Gasteiger charge is -2.10. The van der Waals surface area contributed by atoms with Crippen LogP contribution in [0.2, 0.25) is 0 Å². The van der Waals surface area contributed by atoms with Crippen molar-refractivity contribution in [1.29, 1.82) is 0 Å². The number of aromatic nitrogens is 2. The van der Waals surface area contributed by atoms with Gasteiger partial charge in [-0.05, 0) is 43.3 Å². The molecule has 0 spiro atoms. The van der Waals surface area contributed by atoms with E-state index in [4.69, 9.17) is 12.2 Å². The molecule has 19 heavy (non-hydrogen) atoms. The number of nitrogens with zero attached hydrogens (tertiary/aromatic N) is 2. The Morgan fingerprint density at radius 3 is 2.79 bits per heavy atom. The van der Waals surface area contributed by atoms with Gasteiger partial charge in [0.25, 0.3) is 0 Å². The topological polar surface area (TPSA) is 41.9 Å². The van der Waals surface area contributed by atoms with Crippen LogP contribution < -0.4 is 10.6 Å². The molecule has 0 bridgehead atoms. The molecule has 0 unspecified atom stereocenters. The number of nitrogens with one attached hydrogen (secondary N) is 2. The van der Waals surface area contributed by atoms with E-state index < -0.39 is 0 Å². The van der Waals surface area contributed by atoms with E-state index in [2.05, 4.69) is 15.7 Å². The summed E-state index contributed by atoms with van der Waals surface area (Å²) in [6.07, 6.45) is 4.90. The first-order valence-electron chi connectivity index (χ1n) is 6.33. The quantitative estimate of drug-likeness (QED) is 0.649. The van der Waals surface area contributed by atoms with Gasteiger partial charge in [0.05, 0.1) is 6.20 Å². The molecule has 0 saturated carbocycles. The standard InChI is InChI=1S/C14H18N4S/c1-12-10-16-18(11-12)9-5-8-15-14(19)17-13-6-3-2-4-7-13/h2-4,6-7,10-11H,5,8-9H2,1H3,(H2,15,17,19). The molecule has 5 heteroatoms. The number of thiocarbonyl (C=S) groups is 1. The number of benzene rings is 1. The molecule has 0 amide bonds. The molecular weight excluding hydrogens is 256 g/mol. The molecule has 1 aromatic heterocycles. The van der Waals surface area contributed by atoms with Crippen LogP contribution in [0, 0.1) is 6.92 Å². The molecular formula is C14H18N4S.